The minimum atomic E-state index is -0.385. The van der Waals surface area contributed by atoms with Gasteiger partial charge in [-0.1, -0.05) is 29.8 Å². The number of ether oxygens (including phenoxy) is 2. The van der Waals surface area contributed by atoms with Gasteiger partial charge in [0.1, 0.15) is 0 Å². The average molecular weight is 319 g/mol. The summed E-state index contributed by atoms with van der Waals surface area (Å²) in [5.74, 6) is 0.744. The van der Waals surface area contributed by atoms with E-state index in [2.05, 4.69) is 10.5 Å². The maximum Gasteiger partial charge on any atom is 0.272 e. The van der Waals surface area contributed by atoms with Gasteiger partial charge in [-0.3, -0.25) is 4.79 Å². The van der Waals surface area contributed by atoms with Crippen LogP contribution < -0.4 is 14.9 Å². The van der Waals surface area contributed by atoms with Gasteiger partial charge in [0, 0.05) is 5.56 Å². The van der Waals surface area contributed by atoms with Crippen LogP contribution in [0.4, 0.5) is 0 Å². The van der Waals surface area contributed by atoms with Crippen molar-refractivity contribution in [3.63, 3.8) is 0 Å². The highest BCUT2D eigenvalue weighted by molar-refractivity contribution is 6.33. The van der Waals surface area contributed by atoms with Gasteiger partial charge in [-0.15, -0.1) is 0 Å². The summed E-state index contributed by atoms with van der Waals surface area (Å²) >= 11 is 5.95. The van der Waals surface area contributed by atoms with Crippen LogP contribution in [0, 0.1) is 0 Å². The molecule has 0 aromatic heterocycles. The van der Waals surface area contributed by atoms with E-state index in [-0.39, 0.29) is 5.91 Å². The zero-order chi connectivity index (χ0) is 15.9. The van der Waals surface area contributed by atoms with Gasteiger partial charge >= 0.3 is 0 Å². The molecule has 2 rings (SSSR count). The van der Waals surface area contributed by atoms with Crippen molar-refractivity contribution in [2.24, 2.45) is 5.10 Å². The smallest absolute Gasteiger partial charge is 0.272 e. The van der Waals surface area contributed by atoms with Crippen LogP contribution in [0.2, 0.25) is 5.02 Å². The van der Waals surface area contributed by atoms with E-state index in [1.807, 2.05) is 0 Å². The molecule has 0 spiro atoms. The van der Waals surface area contributed by atoms with Crippen molar-refractivity contribution in [1.82, 2.24) is 5.43 Å². The number of hydrogen-bond donors (Lipinski definition) is 1. The minimum Gasteiger partial charge on any atom is -0.493 e. The summed E-state index contributed by atoms with van der Waals surface area (Å²) in [6.45, 7) is 0. The number of halogens is 1. The van der Waals surface area contributed by atoms with E-state index in [0.29, 0.717) is 27.6 Å². The van der Waals surface area contributed by atoms with Crippen molar-refractivity contribution in [1.29, 1.82) is 0 Å². The van der Waals surface area contributed by atoms with Gasteiger partial charge in [-0.2, -0.15) is 5.10 Å². The minimum absolute atomic E-state index is 0.360. The molecule has 1 N–H and O–H groups in total. The Kier molecular flexibility index (Phi) is 5.38. The van der Waals surface area contributed by atoms with Crippen molar-refractivity contribution in [3.05, 3.63) is 58.6 Å². The largest absolute Gasteiger partial charge is 0.493 e. The predicted octanol–water partition coefficient (Wildman–Crippen LogP) is 3.12. The van der Waals surface area contributed by atoms with Gasteiger partial charge in [-0.05, 0) is 24.3 Å². The fraction of sp³-hybridized carbons (Fsp3) is 0.125. The van der Waals surface area contributed by atoms with Gasteiger partial charge in [-0.25, -0.2) is 5.43 Å². The summed E-state index contributed by atoms with van der Waals surface area (Å²) in [5, 5.41) is 4.29. The second kappa shape index (κ2) is 7.47. The van der Waals surface area contributed by atoms with E-state index in [1.165, 1.54) is 13.3 Å². The number of benzene rings is 2. The zero-order valence-corrected chi connectivity index (χ0v) is 12.9. The van der Waals surface area contributed by atoms with Crippen molar-refractivity contribution < 1.29 is 14.3 Å². The van der Waals surface area contributed by atoms with Gasteiger partial charge in [0.05, 0.1) is 31.0 Å². The molecule has 0 radical (unpaired) electrons. The number of nitrogens with one attached hydrogen (secondary N) is 1. The molecule has 0 aliphatic rings. The maximum absolute atomic E-state index is 12.0. The second-order valence-corrected chi connectivity index (χ2v) is 4.67. The number of para-hydroxylation sites is 1. The first-order valence-electron chi connectivity index (χ1n) is 6.46. The lowest BCUT2D eigenvalue weighted by molar-refractivity contribution is 0.0955. The van der Waals surface area contributed by atoms with E-state index in [9.17, 15) is 4.79 Å². The first-order chi connectivity index (χ1) is 10.7. The van der Waals surface area contributed by atoms with Crippen molar-refractivity contribution in [3.8, 4) is 11.5 Å². The molecule has 0 atom stereocenters. The molecule has 0 heterocycles. The van der Waals surface area contributed by atoms with Crippen molar-refractivity contribution >= 4 is 23.7 Å². The molecule has 1 amide bonds. The van der Waals surface area contributed by atoms with Crippen LogP contribution in [0.3, 0.4) is 0 Å². The fourth-order valence-corrected chi connectivity index (χ4v) is 2.10. The molecule has 0 fully saturated rings. The van der Waals surface area contributed by atoms with Gasteiger partial charge in [0.25, 0.3) is 5.91 Å². The Morgan fingerprint density at radius 3 is 2.59 bits per heavy atom. The Hall–Kier alpha value is -2.53. The molecule has 22 heavy (non-hydrogen) atoms. The van der Waals surface area contributed by atoms with Crippen LogP contribution in [-0.2, 0) is 0 Å². The Bertz CT molecular complexity index is 702. The molecule has 2 aromatic carbocycles. The van der Waals surface area contributed by atoms with Crippen LogP contribution in [0.25, 0.3) is 0 Å². The molecule has 5 nitrogen and oxygen atoms in total. The molecule has 0 aliphatic heterocycles. The second-order valence-electron chi connectivity index (χ2n) is 4.26. The fourth-order valence-electron chi connectivity index (χ4n) is 1.88. The molecule has 114 valence electrons. The Morgan fingerprint density at radius 1 is 1.14 bits per heavy atom. The number of amides is 1. The molecule has 2 aromatic rings. The van der Waals surface area contributed by atoms with Crippen LogP contribution in [0.15, 0.2) is 47.6 Å². The Labute approximate surface area is 133 Å². The third-order valence-corrected chi connectivity index (χ3v) is 3.25. The van der Waals surface area contributed by atoms with E-state index in [4.69, 9.17) is 21.1 Å². The third kappa shape index (κ3) is 3.56. The summed E-state index contributed by atoms with van der Waals surface area (Å²) in [6, 6.07) is 12.1. The van der Waals surface area contributed by atoms with Crippen LogP contribution in [-0.4, -0.2) is 26.3 Å². The topological polar surface area (TPSA) is 59.9 Å². The monoisotopic (exact) mass is 318 g/mol. The van der Waals surface area contributed by atoms with Crippen LogP contribution in [0.5, 0.6) is 11.5 Å². The number of hydrogen-bond acceptors (Lipinski definition) is 4. The Balaban J connectivity index is 2.13. The van der Waals surface area contributed by atoms with E-state index in [1.54, 1.807) is 49.6 Å². The van der Waals surface area contributed by atoms with Crippen molar-refractivity contribution in [2.75, 3.05) is 14.2 Å². The van der Waals surface area contributed by atoms with E-state index < -0.39 is 0 Å². The summed E-state index contributed by atoms with van der Waals surface area (Å²) in [5.41, 5.74) is 3.47. The molecule has 0 aliphatic carbocycles. The van der Waals surface area contributed by atoms with E-state index >= 15 is 0 Å². The molecule has 6 heteroatoms. The number of hydrazone groups is 1. The lowest BCUT2D eigenvalue weighted by Gasteiger charge is -2.09. The number of rotatable bonds is 5. The zero-order valence-electron chi connectivity index (χ0n) is 12.2. The molecular weight excluding hydrogens is 304 g/mol. The predicted molar refractivity (Wildman–Crippen MR) is 86.1 cm³/mol. The van der Waals surface area contributed by atoms with Gasteiger partial charge in [0.2, 0.25) is 0 Å². The summed E-state index contributed by atoms with van der Waals surface area (Å²) < 4.78 is 10.5. The molecule has 0 saturated heterocycles. The molecule has 0 saturated carbocycles. The van der Waals surface area contributed by atoms with E-state index in [0.717, 1.165) is 0 Å². The molecule has 0 bridgehead atoms. The first-order valence-corrected chi connectivity index (χ1v) is 6.84. The maximum atomic E-state index is 12.0. The van der Waals surface area contributed by atoms with Gasteiger partial charge in [0.15, 0.2) is 11.5 Å². The molecule has 0 unspecified atom stereocenters. The summed E-state index contributed by atoms with van der Waals surface area (Å²) in [4.78, 5) is 12.0. The standard InChI is InChI=1S/C16H15ClN2O3/c1-21-14-9-5-6-11(15(14)22-2)10-18-19-16(20)12-7-3-4-8-13(12)17/h3-10H,1-2H3,(H,19,20)/b18-10-. The summed E-state index contributed by atoms with van der Waals surface area (Å²) in [6.07, 6.45) is 1.48. The average Bonchev–Trinajstić information content (AvgIpc) is 2.54. The lowest BCUT2D eigenvalue weighted by Crippen LogP contribution is -2.18. The Morgan fingerprint density at radius 2 is 1.91 bits per heavy atom. The first kappa shape index (κ1) is 15.9. The third-order valence-electron chi connectivity index (χ3n) is 2.92. The normalized spacial score (nSPS) is 10.5. The number of carbonyl (C=O) groups is 1. The lowest BCUT2D eigenvalue weighted by atomic mass is 10.2. The van der Waals surface area contributed by atoms with Crippen LogP contribution >= 0.6 is 11.6 Å². The number of nitrogens with zero attached hydrogens (tertiary/aromatic N) is 1. The highest BCUT2D eigenvalue weighted by Crippen LogP contribution is 2.29. The number of carbonyl (C=O) groups excluding carboxylic acids is 1. The summed E-state index contributed by atoms with van der Waals surface area (Å²) in [7, 11) is 3.09. The van der Waals surface area contributed by atoms with Crippen molar-refractivity contribution in [2.45, 2.75) is 0 Å². The SMILES string of the molecule is COc1cccc(/C=N\NC(=O)c2ccccc2Cl)c1OC. The highest BCUT2D eigenvalue weighted by Gasteiger charge is 2.09. The quantitative estimate of drug-likeness (QED) is 0.680. The van der Waals surface area contributed by atoms with Gasteiger partial charge < -0.3 is 9.47 Å². The highest BCUT2D eigenvalue weighted by atomic mass is 35.5. The number of methoxy groups -OCH3 is 2. The molecular formula is C16H15ClN2O3. The van der Waals surface area contributed by atoms with Crippen LogP contribution in [0.1, 0.15) is 15.9 Å².